The Hall–Kier alpha value is -1.66. The summed E-state index contributed by atoms with van der Waals surface area (Å²) in [7, 11) is -0.0618. The molecule has 4 rings (SSSR count). The van der Waals surface area contributed by atoms with Crippen molar-refractivity contribution >= 4 is 25.8 Å². The van der Waals surface area contributed by atoms with Crippen LogP contribution in [0.5, 0.6) is 0 Å². The van der Waals surface area contributed by atoms with Gasteiger partial charge in [0.2, 0.25) is 0 Å². The molecule has 1 N–H and O–H groups in total. The van der Waals surface area contributed by atoms with Crippen LogP contribution < -0.4 is 0 Å². The number of nitrogens with one attached hydrogen (secondary N) is 1. The summed E-state index contributed by atoms with van der Waals surface area (Å²) >= 11 is 0. The Bertz CT molecular complexity index is 805. The number of carbonyl (C=O) groups is 1. The fraction of sp³-hybridized carbons (Fsp3) is 0.619. The van der Waals surface area contributed by atoms with Crippen molar-refractivity contribution in [2.24, 2.45) is 5.92 Å². The smallest absolute Gasteiger partial charge is 0.319 e. The average molecular weight is 386 g/mol. The molecule has 0 aliphatic carbocycles. The molecule has 27 heavy (non-hydrogen) atoms. The number of benzene rings is 1. The second kappa shape index (κ2) is 7.76. The van der Waals surface area contributed by atoms with E-state index in [0.29, 0.717) is 26.2 Å². The molecule has 2 aromatic rings. The van der Waals surface area contributed by atoms with Gasteiger partial charge in [0.1, 0.15) is 11.2 Å². The number of imidazole rings is 1. The van der Waals surface area contributed by atoms with Gasteiger partial charge in [-0.15, -0.1) is 0 Å². The third kappa shape index (κ3) is 3.69. The van der Waals surface area contributed by atoms with E-state index in [9.17, 15) is 4.79 Å². The van der Waals surface area contributed by atoms with Gasteiger partial charge in [-0.3, -0.25) is 4.79 Å². The van der Waals surface area contributed by atoms with Gasteiger partial charge in [-0.1, -0.05) is 37.5 Å². The third-order valence-electron chi connectivity index (χ3n) is 6.21. The van der Waals surface area contributed by atoms with Gasteiger partial charge < -0.3 is 14.5 Å². The van der Waals surface area contributed by atoms with Crippen LogP contribution in [0.1, 0.15) is 37.6 Å². The molecule has 2 aliphatic rings. The molecule has 0 amide bonds. The largest absolute Gasteiger partial charge is 0.465 e. The summed E-state index contributed by atoms with van der Waals surface area (Å²) in [6.45, 7) is 5.67. The lowest BCUT2D eigenvalue weighted by Gasteiger charge is -2.25. The van der Waals surface area contributed by atoms with Crippen LogP contribution in [-0.4, -0.2) is 44.6 Å². The minimum absolute atomic E-state index is 0.0618. The number of esters is 1. The van der Waals surface area contributed by atoms with Crippen molar-refractivity contribution in [3.05, 3.63) is 29.6 Å². The van der Waals surface area contributed by atoms with E-state index in [4.69, 9.17) is 14.5 Å². The predicted molar refractivity (Wildman–Crippen MR) is 108 cm³/mol. The lowest BCUT2D eigenvalue weighted by atomic mass is 9.79. The van der Waals surface area contributed by atoms with E-state index in [-0.39, 0.29) is 14.8 Å². The molecule has 1 aromatic carbocycles. The molecule has 0 bridgehead atoms. The van der Waals surface area contributed by atoms with E-state index in [0.717, 1.165) is 34.8 Å². The van der Waals surface area contributed by atoms with Gasteiger partial charge in [0.15, 0.2) is 0 Å². The van der Waals surface area contributed by atoms with E-state index < -0.39 is 5.41 Å². The molecule has 0 spiro atoms. The molecule has 3 heterocycles. The van der Waals surface area contributed by atoms with Crippen LogP contribution in [0.15, 0.2) is 18.2 Å². The molecule has 6 heteroatoms. The summed E-state index contributed by atoms with van der Waals surface area (Å²) in [6.07, 6.45) is 4.39. The maximum atomic E-state index is 12.7. The Balaban J connectivity index is 1.57. The highest BCUT2D eigenvalue weighted by Crippen LogP contribution is 2.36. The minimum atomic E-state index is -0.682. The molecule has 5 nitrogen and oxygen atoms in total. The van der Waals surface area contributed by atoms with Crippen molar-refractivity contribution in [2.75, 3.05) is 19.8 Å². The van der Waals surface area contributed by atoms with E-state index in [1.54, 1.807) is 0 Å². The Kier molecular flexibility index (Phi) is 5.37. The maximum absolute atomic E-state index is 12.7. The van der Waals surface area contributed by atoms with Gasteiger partial charge in [-0.05, 0) is 37.0 Å². The highest BCUT2D eigenvalue weighted by atomic mass is 28.3. The molecule has 1 aromatic heterocycles. The summed E-state index contributed by atoms with van der Waals surface area (Å²) in [5.41, 5.74) is 2.27. The van der Waals surface area contributed by atoms with Crippen LogP contribution in [-0.2, 0) is 26.1 Å². The summed E-state index contributed by atoms with van der Waals surface area (Å²) in [5.74, 6) is 1.65. The molecular weight excluding hydrogens is 356 g/mol. The Labute approximate surface area is 162 Å². The van der Waals surface area contributed by atoms with Crippen LogP contribution in [0.25, 0.3) is 11.0 Å². The Morgan fingerprint density at radius 1 is 1.41 bits per heavy atom. The average Bonchev–Trinajstić information content (AvgIpc) is 3.30. The standard InChI is InChI=1S/C21H29N2O3Si/c1-3-26-20(24)21(8-9-25-14-21)16-4-5-17-18(13-16)23-19(22-17)12-15-6-10-27(2)11-7-15/h4-5,13,15H,3,6-12,14H2,1-2H3,(H,22,23). The lowest BCUT2D eigenvalue weighted by Crippen LogP contribution is -2.38. The zero-order valence-corrected chi connectivity index (χ0v) is 17.3. The van der Waals surface area contributed by atoms with E-state index in [2.05, 4.69) is 17.6 Å². The number of hydrogen-bond acceptors (Lipinski definition) is 4. The van der Waals surface area contributed by atoms with Crippen molar-refractivity contribution < 1.29 is 14.3 Å². The predicted octanol–water partition coefficient (Wildman–Crippen LogP) is 3.86. The monoisotopic (exact) mass is 385 g/mol. The molecule has 145 valence electrons. The molecular formula is C21H29N2O3Si. The summed E-state index contributed by atoms with van der Waals surface area (Å²) in [6, 6.07) is 8.98. The number of aromatic nitrogens is 2. The summed E-state index contributed by atoms with van der Waals surface area (Å²) in [5, 5.41) is 0. The molecule has 1 unspecified atom stereocenters. The Morgan fingerprint density at radius 2 is 2.22 bits per heavy atom. The number of ether oxygens (including phenoxy) is 2. The normalized spacial score (nSPS) is 24.5. The molecule has 1 radical (unpaired) electrons. The zero-order valence-electron chi connectivity index (χ0n) is 16.3. The maximum Gasteiger partial charge on any atom is 0.319 e. The topological polar surface area (TPSA) is 64.2 Å². The molecule has 2 fully saturated rings. The van der Waals surface area contributed by atoms with Gasteiger partial charge in [-0.25, -0.2) is 4.98 Å². The second-order valence-corrected chi connectivity index (χ2v) is 11.0. The van der Waals surface area contributed by atoms with Gasteiger partial charge in [0.05, 0.1) is 24.2 Å². The lowest BCUT2D eigenvalue weighted by molar-refractivity contribution is -0.150. The number of aromatic amines is 1. The second-order valence-electron chi connectivity index (χ2n) is 8.13. The number of fused-ring (bicyclic) bond motifs is 1. The highest BCUT2D eigenvalue weighted by molar-refractivity contribution is 6.57. The first-order valence-electron chi connectivity index (χ1n) is 10.2. The summed E-state index contributed by atoms with van der Waals surface area (Å²) in [4.78, 5) is 21.0. The van der Waals surface area contributed by atoms with Crippen LogP contribution >= 0.6 is 0 Å². The first-order chi connectivity index (χ1) is 13.1. The third-order valence-corrected chi connectivity index (χ3v) is 8.50. The van der Waals surface area contributed by atoms with Gasteiger partial charge in [0.25, 0.3) is 0 Å². The van der Waals surface area contributed by atoms with Gasteiger partial charge >= 0.3 is 5.97 Å². The van der Waals surface area contributed by atoms with Gasteiger partial charge in [-0.2, -0.15) is 0 Å². The van der Waals surface area contributed by atoms with Crippen LogP contribution in [0.4, 0.5) is 0 Å². The summed E-state index contributed by atoms with van der Waals surface area (Å²) < 4.78 is 11.0. The van der Waals surface area contributed by atoms with Crippen LogP contribution in [0.3, 0.4) is 0 Å². The number of rotatable bonds is 5. The van der Waals surface area contributed by atoms with E-state index in [1.807, 2.05) is 19.1 Å². The SMILES string of the molecule is CCOC(=O)C1(c2ccc3nc(CC4CC[Si](C)CC4)[nH]c3c2)CCOC1. The van der Waals surface area contributed by atoms with Crippen molar-refractivity contribution in [3.8, 4) is 0 Å². The number of H-pyrrole nitrogens is 1. The van der Waals surface area contributed by atoms with Crippen molar-refractivity contribution in [3.63, 3.8) is 0 Å². The molecule has 2 aliphatic heterocycles. The van der Waals surface area contributed by atoms with Crippen molar-refractivity contribution in [1.82, 2.24) is 9.97 Å². The van der Waals surface area contributed by atoms with Crippen molar-refractivity contribution in [2.45, 2.75) is 56.7 Å². The number of carbonyl (C=O) groups excluding carboxylic acids is 1. The number of hydrogen-bond donors (Lipinski definition) is 1. The fourth-order valence-electron chi connectivity index (χ4n) is 4.45. The Morgan fingerprint density at radius 3 is 2.93 bits per heavy atom. The van der Waals surface area contributed by atoms with E-state index >= 15 is 0 Å². The van der Waals surface area contributed by atoms with Crippen molar-refractivity contribution in [1.29, 1.82) is 0 Å². The minimum Gasteiger partial charge on any atom is -0.465 e. The fourth-order valence-corrected chi connectivity index (χ4v) is 6.50. The van der Waals surface area contributed by atoms with Gasteiger partial charge in [0, 0.05) is 21.8 Å². The van der Waals surface area contributed by atoms with Crippen LogP contribution in [0.2, 0.25) is 18.6 Å². The molecule has 2 saturated heterocycles. The quantitative estimate of drug-likeness (QED) is 0.627. The number of nitrogens with zero attached hydrogens (tertiary/aromatic N) is 1. The van der Waals surface area contributed by atoms with Crippen LogP contribution in [0, 0.1) is 5.92 Å². The van der Waals surface area contributed by atoms with E-state index in [1.165, 1.54) is 24.9 Å². The zero-order chi connectivity index (χ0) is 18.9. The molecule has 1 atom stereocenters. The first kappa shape index (κ1) is 18.7. The molecule has 0 saturated carbocycles. The first-order valence-corrected chi connectivity index (χ1v) is 12.6. The highest BCUT2D eigenvalue weighted by Gasteiger charge is 2.45.